The van der Waals surface area contributed by atoms with E-state index in [1.165, 1.54) is 11.6 Å². The van der Waals surface area contributed by atoms with Crippen LogP contribution in [0.1, 0.15) is 40.3 Å². The van der Waals surface area contributed by atoms with Gasteiger partial charge in [-0.25, -0.2) is 14.8 Å². The summed E-state index contributed by atoms with van der Waals surface area (Å²) >= 11 is 0. The lowest BCUT2D eigenvalue weighted by Crippen LogP contribution is -2.13. The van der Waals surface area contributed by atoms with E-state index in [2.05, 4.69) is 15.3 Å². The van der Waals surface area contributed by atoms with Crippen molar-refractivity contribution < 1.29 is 9.90 Å². The molecule has 0 fully saturated rings. The smallest absolute Gasteiger partial charge is 0.354 e. The van der Waals surface area contributed by atoms with Gasteiger partial charge in [-0.3, -0.25) is 0 Å². The van der Waals surface area contributed by atoms with Crippen LogP contribution in [0.15, 0.2) is 30.3 Å². The van der Waals surface area contributed by atoms with Gasteiger partial charge in [-0.15, -0.1) is 0 Å². The number of carbonyl (C=O) groups is 1. The maximum absolute atomic E-state index is 11.0. The molecule has 5 heteroatoms. The van der Waals surface area contributed by atoms with Gasteiger partial charge in [-0.05, 0) is 38.0 Å². The fourth-order valence-electron chi connectivity index (χ4n) is 2.09. The van der Waals surface area contributed by atoms with Gasteiger partial charge in [0.1, 0.15) is 0 Å². The molecule has 2 rings (SSSR count). The quantitative estimate of drug-likeness (QED) is 0.894. The van der Waals surface area contributed by atoms with Gasteiger partial charge in [0.2, 0.25) is 5.95 Å². The van der Waals surface area contributed by atoms with E-state index >= 15 is 0 Å². The van der Waals surface area contributed by atoms with Crippen LogP contribution in [0.3, 0.4) is 0 Å². The highest BCUT2D eigenvalue weighted by Crippen LogP contribution is 2.20. The third kappa shape index (κ3) is 3.12. The first kappa shape index (κ1) is 14.0. The molecule has 0 saturated carbocycles. The van der Waals surface area contributed by atoms with E-state index < -0.39 is 5.97 Å². The molecule has 1 atom stereocenters. The second-order valence-electron chi connectivity index (χ2n) is 4.75. The van der Waals surface area contributed by atoms with Crippen LogP contribution < -0.4 is 5.32 Å². The lowest BCUT2D eigenvalue weighted by Gasteiger charge is -2.16. The first-order valence-electron chi connectivity index (χ1n) is 6.38. The van der Waals surface area contributed by atoms with E-state index in [4.69, 9.17) is 5.11 Å². The number of nitrogens with one attached hydrogen (secondary N) is 1. The summed E-state index contributed by atoms with van der Waals surface area (Å²) in [7, 11) is 0. The fraction of sp³-hybridized carbons (Fsp3) is 0.267. The third-order valence-corrected chi connectivity index (χ3v) is 3.07. The van der Waals surface area contributed by atoms with Gasteiger partial charge in [0.25, 0.3) is 0 Å². The van der Waals surface area contributed by atoms with Gasteiger partial charge in [0, 0.05) is 5.69 Å². The van der Waals surface area contributed by atoms with E-state index in [1.807, 2.05) is 38.1 Å². The molecule has 2 N–H and O–H groups in total. The summed E-state index contributed by atoms with van der Waals surface area (Å²) in [6, 6.07) is 9.47. The van der Waals surface area contributed by atoms with Crippen molar-refractivity contribution in [2.24, 2.45) is 0 Å². The van der Waals surface area contributed by atoms with E-state index in [1.54, 1.807) is 6.92 Å². The van der Waals surface area contributed by atoms with Gasteiger partial charge < -0.3 is 10.4 Å². The van der Waals surface area contributed by atoms with Crippen molar-refractivity contribution in [1.29, 1.82) is 0 Å². The minimum atomic E-state index is -1.05. The number of carboxylic acid groups (broad SMARTS) is 1. The highest BCUT2D eigenvalue weighted by molar-refractivity contribution is 5.85. The van der Waals surface area contributed by atoms with Crippen molar-refractivity contribution in [3.8, 4) is 0 Å². The Balaban J connectivity index is 2.26. The monoisotopic (exact) mass is 271 g/mol. The van der Waals surface area contributed by atoms with Crippen molar-refractivity contribution in [2.75, 3.05) is 5.32 Å². The normalized spacial score (nSPS) is 11.9. The predicted molar refractivity (Wildman–Crippen MR) is 76.9 cm³/mol. The van der Waals surface area contributed by atoms with Crippen molar-refractivity contribution in [2.45, 2.75) is 26.8 Å². The summed E-state index contributed by atoms with van der Waals surface area (Å²) in [4.78, 5) is 19.2. The zero-order valence-corrected chi connectivity index (χ0v) is 11.7. The van der Waals surface area contributed by atoms with Crippen molar-refractivity contribution in [3.05, 3.63) is 52.8 Å². The average molecular weight is 271 g/mol. The molecule has 104 valence electrons. The first-order chi connectivity index (χ1) is 9.47. The summed E-state index contributed by atoms with van der Waals surface area (Å²) in [5, 5.41) is 12.2. The van der Waals surface area contributed by atoms with Gasteiger partial charge in [0.05, 0.1) is 6.04 Å². The Kier molecular flexibility index (Phi) is 3.98. The Bertz CT molecular complexity index is 641. The molecule has 0 spiro atoms. The number of anilines is 1. The summed E-state index contributed by atoms with van der Waals surface area (Å²) < 4.78 is 0. The number of rotatable bonds is 4. The Morgan fingerprint density at radius 2 is 1.95 bits per heavy atom. The summed E-state index contributed by atoms with van der Waals surface area (Å²) in [5.41, 5.74) is 2.92. The standard InChI is InChI=1S/C15H17N3O2/c1-9-6-4-5-7-12(9)11(3)17-15-16-10(2)8-13(18-15)14(19)20/h4-8,11H,1-3H3,(H,19,20)(H,16,17,18). The van der Waals surface area contributed by atoms with Crippen LogP contribution in [0, 0.1) is 13.8 Å². The van der Waals surface area contributed by atoms with E-state index in [-0.39, 0.29) is 11.7 Å². The maximum Gasteiger partial charge on any atom is 0.354 e. The number of benzene rings is 1. The number of aromatic carboxylic acids is 1. The molecular weight excluding hydrogens is 254 g/mol. The van der Waals surface area contributed by atoms with Gasteiger partial charge in [-0.1, -0.05) is 24.3 Å². The number of carboxylic acids is 1. The van der Waals surface area contributed by atoms with Crippen molar-refractivity contribution >= 4 is 11.9 Å². The molecule has 0 aliphatic rings. The Labute approximate surface area is 117 Å². The molecule has 0 aliphatic carbocycles. The Morgan fingerprint density at radius 3 is 2.60 bits per heavy atom. The molecule has 1 heterocycles. The molecule has 0 radical (unpaired) electrons. The molecular formula is C15H17N3O2. The van der Waals surface area contributed by atoms with Crippen LogP contribution in [0.5, 0.6) is 0 Å². The van der Waals surface area contributed by atoms with Crippen LogP contribution in [0.2, 0.25) is 0 Å². The predicted octanol–water partition coefficient (Wildman–Crippen LogP) is 2.96. The number of nitrogens with zero attached hydrogens (tertiary/aromatic N) is 2. The van der Waals surface area contributed by atoms with E-state index in [0.717, 1.165) is 5.56 Å². The molecule has 2 aromatic rings. The second kappa shape index (κ2) is 5.69. The van der Waals surface area contributed by atoms with E-state index in [0.29, 0.717) is 11.6 Å². The summed E-state index contributed by atoms with van der Waals surface area (Å²) in [5.74, 6) is -0.722. The van der Waals surface area contributed by atoms with Crippen LogP contribution in [0.25, 0.3) is 0 Å². The number of aromatic nitrogens is 2. The molecule has 1 unspecified atom stereocenters. The van der Waals surface area contributed by atoms with Gasteiger partial charge in [0.15, 0.2) is 5.69 Å². The largest absolute Gasteiger partial charge is 0.477 e. The van der Waals surface area contributed by atoms with Crippen molar-refractivity contribution in [3.63, 3.8) is 0 Å². The van der Waals surface area contributed by atoms with Crippen LogP contribution in [0.4, 0.5) is 5.95 Å². The first-order valence-corrected chi connectivity index (χ1v) is 6.38. The molecule has 1 aromatic heterocycles. The molecule has 0 amide bonds. The van der Waals surface area contributed by atoms with Gasteiger partial charge >= 0.3 is 5.97 Å². The van der Waals surface area contributed by atoms with Crippen LogP contribution >= 0.6 is 0 Å². The highest BCUT2D eigenvalue weighted by Gasteiger charge is 2.12. The Morgan fingerprint density at radius 1 is 1.25 bits per heavy atom. The van der Waals surface area contributed by atoms with Crippen LogP contribution in [-0.4, -0.2) is 21.0 Å². The number of hydrogen-bond donors (Lipinski definition) is 2. The summed E-state index contributed by atoms with van der Waals surface area (Å²) in [6.45, 7) is 5.78. The van der Waals surface area contributed by atoms with Crippen LogP contribution in [-0.2, 0) is 0 Å². The highest BCUT2D eigenvalue weighted by atomic mass is 16.4. The molecule has 0 bridgehead atoms. The zero-order chi connectivity index (χ0) is 14.7. The number of hydrogen-bond acceptors (Lipinski definition) is 4. The molecule has 5 nitrogen and oxygen atoms in total. The minimum absolute atomic E-state index is 0.000329. The lowest BCUT2D eigenvalue weighted by atomic mass is 10.0. The average Bonchev–Trinajstić information content (AvgIpc) is 2.38. The second-order valence-corrected chi connectivity index (χ2v) is 4.75. The lowest BCUT2D eigenvalue weighted by molar-refractivity contribution is 0.0690. The number of aryl methyl sites for hydroxylation is 2. The van der Waals surface area contributed by atoms with E-state index in [9.17, 15) is 4.79 Å². The van der Waals surface area contributed by atoms with Gasteiger partial charge in [-0.2, -0.15) is 0 Å². The fourth-order valence-corrected chi connectivity index (χ4v) is 2.09. The maximum atomic E-state index is 11.0. The molecule has 20 heavy (non-hydrogen) atoms. The third-order valence-electron chi connectivity index (χ3n) is 3.07. The SMILES string of the molecule is Cc1cc(C(=O)O)nc(NC(C)c2ccccc2C)n1. The zero-order valence-electron chi connectivity index (χ0n) is 11.7. The summed E-state index contributed by atoms with van der Waals surface area (Å²) in [6.07, 6.45) is 0. The molecule has 0 aliphatic heterocycles. The Hall–Kier alpha value is -2.43. The molecule has 1 aromatic carbocycles. The topological polar surface area (TPSA) is 75.1 Å². The molecule has 0 saturated heterocycles. The van der Waals surface area contributed by atoms with Crippen molar-refractivity contribution in [1.82, 2.24) is 9.97 Å². The minimum Gasteiger partial charge on any atom is -0.477 e.